The summed E-state index contributed by atoms with van der Waals surface area (Å²) in [5.74, 6) is -1.60. The van der Waals surface area contributed by atoms with Crippen LogP contribution in [0.5, 0.6) is 0 Å². The molecule has 0 aliphatic rings. The summed E-state index contributed by atoms with van der Waals surface area (Å²) in [6.45, 7) is 12.9. The van der Waals surface area contributed by atoms with Crippen molar-refractivity contribution in [3.63, 3.8) is 0 Å². The van der Waals surface area contributed by atoms with E-state index in [-0.39, 0.29) is 18.6 Å². The van der Waals surface area contributed by atoms with Crippen LogP contribution in [0.1, 0.15) is 34.6 Å². The second-order valence-electron chi connectivity index (χ2n) is 5.08. The van der Waals surface area contributed by atoms with E-state index >= 15 is 0 Å². The van der Waals surface area contributed by atoms with Crippen molar-refractivity contribution in [1.82, 2.24) is 5.32 Å². The molecule has 0 fully saturated rings. The highest BCUT2D eigenvalue weighted by Gasteiger charge is 2.39. The number of esters is 1. The van der Waals surface area contributed by atoms with E-state index in [9.17, 15) is 9.59 Å². The van der Waals surface area contributed by atoms with E-state index in [2.05, 4.69) is 11.9 Å². The zero-order chi connectivity index (χ0) is 13.6. The Bertz CT molecular complexity index is 292. The Hall–Kier alpha value is -1.32. The maximum absolute atomic E-state index is 12.0. The molecule has 0 aliphatic heterocycles. The highest BCUT2D eigenvalue weighted by Crippen LogP contribution is 2.27. The zero-order valence-electron chi connectivity index (χ0n) is 11.4. The van der Waals surface area contributed by atoms with Gasteiger partial charge in [-0.1, -0.05) is 26.8 Å². The molecule has 2 atom stereocenters. The molecule has 0 bridgehead atoms. The number of hydrogen-bond acceptors (Lipinski definition) is 3. The lowest BCUT2D eigenvalue weighted by Gasteiger charge is -2.28. The Labute approximate surface area is 103 Å². The van der Waals surface area contributed by atoms with Gasteiger partial charge in [-0.05, 0) is 19.3 Å². The van der Waals surface area contributed by atoms with E-state index in [1.807, 2.05) is 20.8 Å². The number of ether oxygens (including phenoxy) is 1. The molecule has 0 aromatic carbocycles. The summed E-state index contributed by atoms with van der Waals surface area (Å²) < 4.78 is 4.94. The minimum Gasteiger partial charge on any atom is -0.465 e. The number of hydrogen-bond donors (Lipinski definition) is 1. The largest absolute Gasteiger partial charge is 0.465 e. The van der Waals surface area contributed by atoms with E-state index in [0.29, 0.717) is 0 Å². The third-order valence-electron chi connectivity index (χ3n) is 2.37. The second kappa shape index (κ2) is 6.42. The van der Waals surface area contributed by atoms with Crippen molar-refractivity contribution in [3.05, 3.63) is 12.7 Å². The predicted octanol–water partition coefficient (Wildman–Crippen LogP) is 1.90. The highest BCUT2D eigenvalue weighted by atomic mass is 16.5. The molecular formula is C13H23NO3. The lowest BCUT2D eigenvalue weighted by atomic mass is 9.80. The van der Waals surface area contributed by atoms with Gasteiger partial charge >= 0.3 is 5.97 Å². The van der Waals surface area contributed by atoms with Gasteiger partial charge in [-0.25, -0.2) is 0 Å². The standard InChI is InChI=1S/C13H23NO3/c1-7-9(3)14-11(15)10(13(4,5)6)12(16)17-8-2/h7,9-10H,1,8H2,2-6H3,(H,14,15). The molecule has 0 saturated carbocycles. The summed E-state index contributed by atoms with van der Waals surface area (Å²) in [4.78, 5) is 23.8. The number of amides is 1. The van der Waals surface area contributed by atoms with Crippen LogP contribution in [-0.4, -0.2) is 24.5 Å². The molecule has 0 heterocycles. The van der Waals surface area contributed by atoms with Crippen LogP contribution in [0.4, 0.5) is 0 Å². The Morgan fingerprint density at radius 2 is 1.94 bits per heavy atom. The molecule has 4 nitrogen and oxygen atoms in total. The first-order chi connectivity index (χ1) is 7.73. The molecule has 1 amide bonds. The summed E-state index contributed by atoms with van der Waals surface area (Å²) in [6.07, 6.45) is 1.61. The fourth-order valence-electron chi connectivity index (χ4n) is 1.45. The lowest BCUT2D eigenvalue weighted by Crippen LogP contribution is -2.45. The first-order valence-corrected chi connectivity index (χ1v) is 5.83. The van der Waals surface area contributed by atoms with Crippen LogP contribution < -0.4 is 5.32 Å². The molecule has 98 valence electrons. The fourth-order valence-corrected chi connectivity index (χ4v) is 1.45. The fraction of sp³-hybridized carbons (Fsp3) is 0.692. The predicted molar refractivity (Wildman–Crippen MR) is 67.4 cm³/mol. The molecule has 2 unspecified atom stereocenters. The van der Waals surface area contributed by atoms with Crippen LogP contribution in [0.2, 0.25) is 0 Å². The summed E-state index contributed by atoms with van der Waals surface area (Å²) >= 11 is 0. The second-order valence-corrected chi connectivity index (χ2v) is 5.08. The van der Waals surface area contributed by atoms with E-state index in [1.165, 1.54) is 0 Å². The van der Waals surface area contributed by atoms with Gasteiger partial charge in [0.2, 0.25) is 5.91 Å². The van der Waals surface area contributed by atoms with Gasteiger partial charge in [-0.2, -0.15) is 0 Å². The maximum atomic E-state index is 12.0. The van der Waals surface area contributed by atoms with Crippen molar-refractivity contribution in [2.24, 2.45) is 11.3 Å². The van der Waals surface area contributed by atoms with Gasteiger partial charge in [0.15, 0.2) is 0 Å². The average molecular weight is 241 g/mol. The first-order valence-electron chi connectivity index (χ1n) is 5.83. The van der Waals surface area contributed by atoms with Gasteiger partial charge < -0.3 is 10.1 Å². The SMILES string of the molecule is C=CC(C)NC(=O)C(C(=O)OCC)C(C)(C)C. The average Bonchev–Trinajstić information content (AvgIpc) is 2.15. The van der Waals surface area contributed by atoms with Crippen LogP contribution in [0.3, 0.4) is 0 Å². The normalized spacial score (nSPS) is 14.6. The smallest absolute Gasteiger partial charge is 0.319 e. The van der Waals surface area contributed by atoms with Crippen molar-refractivity contribution in [2.45, 2.75) is 40.7 Å². The van der Waals surface area contributed by atoms with Crippen LogP contribution >= 0.6 is 0 Å². The maximum Gasteiger partial charge on any atom is 0.319 e. The number of carbonyl (C=O) groups excluding carboxylic acids is 2. The number of nitrogens with one attached hydrogen (secondary N) is 1. The van der Waals surface area contributed by atoms with Gasteiger partial charge in [0, 0.05) is 6.04 Å². The molecule has 4 heteroatoms. The molecule has 0 rings (SSSR count). The summed E-state index contributed by atoms with van der Waals surface area (Å²) in [5.41, 5.74) is -0.475. The van der Waals surface area contributed by atoms with E-state index < -0.39 is 17.3 Å². The topological polar surface area (TPSA) is 55.4 Å². The molecule has 1 N–H and O–H groups in total. The summed E-state index contributed by atoms with van der Waals surface area (Å²) in [5, 5.41) is 2.72. The third kappa shape index (κ3) is 5.02. The minimum absolute atomic E-state index is 0.165. The van der Waals surface area contributed by atoms with E-state index in [0.717, 1.165) is 0 Å². The van der Waals surface area contributed by atoms with Crippen molar-refractivity contribution in [3.8, 4) is 0 Å². The van der Waals surface area contributed by atoms with Crippen molar-refractivity contribution < 1.29 is 14.3 Å². The molecular weight excluding hydrogens is 218 g/mol. The van der Waals surface area contributed by atoms with Gasteiger partial charge in [-0.15, -0.1) is 6.58 Å². The van der Waals surface area contributed by atoms with E-state index in [1.54, 1.807) is 19.9 Å². The van der Waals surface area contributed by atoms with Crippen LogP contribution in [0.15, 0.2) is 12.7 Å². The molecule has 0 saturated heterocycles. The van der Waals surface area contributed by atoms with E-state index in [4.69, 9.17) is 4.74 Å². The van der Waals surface area contributed by atoms with Crippen LogP contribution in [-0.2, 0) is 14.3 Å². The quantitative estimate of drug-likeness (QED) is 0.454. The van der Waals surface area contributed by atoms with Gasteiger partial charge in [0.25, 0.3) is 0 Å². The minimum atomic E-state index is -0.801. The molecule has 0 radical (unpaired) electrons. The number of carbonyl (C=O) groups is 2. The Morgan fingerprint density at radius 1 is 1.41 bits per heavy atom. The van der Waals surface area contributed by atoms with Crippen LogP contribution in [0, 0.1) is 11.3 Å². The van der Waals surface area contributed by atoms with Crippen molar-refractivity contribution in [2.75, 3.05) is 6.61 Å². The van der Waals surface area contributed by atoms with Crippen LogP contribution in [0.25, 0.3) is 0 Å². The summed E-state index contributed by atoms with van der Waals surface area (Å²) in [7, 11) is 0. The van der Waals surface area contributed by atoms with Crippen molar-refractivity contribution in [1.29, 1.82) is 0 Å². The molecule has 0 aromatic rings. The van der Waals surface area contributed by atoms with Gasteiger partial charge in [0.1, 0.15) is 5.92 Å². The first kappa shape index (κ1) is 15.7. The van der Waals surface area contributed by atoms with Gasteiger partial charge in [0.05, 0.1) is 6.61 Å². The zero-order valence-corrected chi connectivity index (χ0v) is 11.4. The molecule has 0 aromatic heterocycles. The molecule has 17 heavy (non-hydrogen) atoms. The Kier molecular flexibility index (Phi) is 5.93. The highest BCUT2D eigenvalue weighted by molar-refractivity contribution is 5.98. The van der Waals surface area contributed by atoms with Crippen molar-refractivity contribution >= 4 is 11.9 Å². The summed E-state index contributed by atoms with van der Waals surface area (Å²) in [6, 6.07) is -0.165. The molecule has 0 spiro atoms. The monoisotopic (exact) mass is 241 g/mol. The third-order valence-corrected chi connectivity index (χ3v) is 2.37. The molecule has 0 aliphatic carbocycles. The lowest BCUT2D eigenvalue weighted by molar-refractivity contribution is -0.156. The van der Waals surface area contributed by atoms with Gasteiger partial charge in [-0.3, -0.25) is 9.59 Å². The number of rotatable bonds is 5. The Morgan fingerprint density at radius 3 is 2.29 bits per heavy atom. The Balaban J connectivity index is 4.87.